The Morgan fingerprint density at radius 3 is 1.82 bits per heavy atom. The lowest BCUT2D eigenvalue weighted by Crippen LogP contribution is -2.10. The fourth-order valence-corrected chi connectivity index (χ4v) is 3.38. The van der Waals surface area contributed by atoms with Gasteiger partial charge in [-0.3, -0.25) is 0 Å². The van der Waals surface area contributed by atoms with Gasteiger partial charge in [0.25, 0.3) is 0 Å². The molecule has 0 aliphatic heterocycles. The van der Waals surface area contributed by atoms with E-state index in [4.69, 9.17) is 0 Å². The standard InChI is InChI=1S/C11H20/c1-9-7-11(8-10(9)2)5-3-4-6-11/h9-10H,3-8H2,1-2H3. The van der Waals surface area contributed by atoms with Crippen LogP contribution in [0.4, 0.5) is 0 Å². The molecule has 0 N–H and O–H groups in total. The summed E-state index contributed by atoms with van der Waals surface area (Å²) in [5.74, 6) is 2.01. The molecule has 0 bridgehead atoms. The van der Waals surface area contributed by atoms with E-state index in [0.717, 1.165) is 17.3 Å². The van der Waals surface area contributed by atoms with Crippen molar-refractivity contribution in [3.63, 3.8) is 0 Å². The monoisotopic (exact) mass is 152 g/mol. The first-order chi connectivity index (χ1) is 5.22. The number of rotatable bonds is 0. The van der Waals surface area contributed by atoms with Crippen molar-refractivity contribution >= 4 is 0 Å². The Labute approximate surface area is 70.4 Å². The lowest BCUT2D eigenvalue weighted by molar-refractivity contribution is 0.294. The van der Waals surface area contributed by atoms with E-state index in [-0.39, 0.29) is 0 Å². The zero-order chi connectivity index (χ0) is 7.90. The van der Waals surface area contributed by atoms with Gasteiger partial charge in [-0.2, -0.15) is 0 Å². The SMILES string of the molecule is CC1CC2(CCCC2)CC1C. The summed E-state index contributed by atoms with van der Waals surface area (Å²) in [6.45, 7) is 4.88. The maximum Gasteiger partial charge on any atom is -0.0292 e. The second-order valence-electron chi connectivity index (χ2n) is 5.07. The van der Waals surface area contributed by atoms with E-state index in [2.05, 4.69) is 13.8 Å². The molecule has 2 atom stereocenters. The first-order valence-electron chi connectivity index (χ1n) is 5.22. The van der Waals surface area contributed by atoms with E-state index in [0.29, 0.717) is 0 Å². The Balaban J connectivity index is 2.06. The molecule has 0 heterocycles. The van der Waals surface area contributed by atoms with Gasteiger partial charge in [-0.15, -0.1) is 0 Å². The van der Waals surface area contributed by atoms with E-state index >= 15 is 0 Å². The largest absolute Gasteiger partial charge is 0.0622 e. The third-order valence-electron chi connectivity index (χ3n) is 4.15. The maximum absolute atomic E-state index is 2.44. The van der Waals surface area contributed by atoms with Crippen LogP contribution in [0.25, 0.3) is 0 Å². The highest BCUT2D eigenvalue weighted by molar-refractivity contribution is 4.93. The minimum Gasteiger partial charge on any atom is -0.0622 e. The highest BCUT2D eigenvalue weighted by atomic mass is 14.5. The Hall–Kier alpha value is 0. The summed E-state index contributed by atoms with van der Waals surface area (Å²) in [5, 5.41) is 0. The molecular formula is C11H20. The molecule has 0 aromatic rings. The van der Waals surface area contributed by atoms with Gasteiger partial charge < -0.3 is 0 Å². The molecule has 2 aliphatic carbocycles. The van der Waals surface area contributed by atoms with Crippen LogP contribution in [-0.2, 0) is 0 Å². The highest BCUT2D eigenvalue weighted by Crippen LogP contribution is 2.54. The molecular weight excluding hydrogens is 132 g/mol. The van der Waals surface area contributed by atoms with Crippen molar-refractivity contribution in [3.05, 3.63) is 0 Å². The summed E-state index contributed by atoms with van der Waals surface area (Å²) in [7, 11) is 0. The predicted octanol–water partition coefficient (Wildman–Crippen LogP) is 3.61. The summed E-state index contributed by atoms with van der Waals surface area (Å²) >= 11 is 0. The maximum atomic E-state index is 2.44. The molecule has 0 nitrogen and oxygen atoms in total. The van der Waals surface area contributed by atoms with Gasteiger partial charge in [-0.05, 0) is 42.9 Å². The van der Waals surface area contributed by atoms with Crippen LogP contribution >= 0.6 is 0 Å². The van der Waals surface area contributed by atoms with Gasteiger partial charge >= 0.3 is 0 Å². The third kappa shape index (κ3) is 1.21. The second kappa shape index (κ2) is 2.50. The van der Waals surface area contributed by atoms with Crippen LogP contribution in [0.2, 0.25) is 0 Å². The van der Waals surface area contributed by atoms with Gasteiger partial charge in [0.2, 0.25) is 0 Å². The number of hydrogen-bond acceptors (Lipinski definition) is 0. The zero-order valence-corrected chi connectivity index (χ0v) is 7.90. The predicted molar refractivity (Wildman–Crippen MR) is 48.5 cm³/mol. The molecule has 1 spiro atoms. The van der Waals surface area contributed by atoms with Crippen LogP contribution in [0.15, 0.2) is 0 Å². The molecule has 0 aromatic heterocycles. The van der Waals surface area contributed by atoms with Crippen LogP contribution in [-0.4, -0.2) is 0 Å². The first-order valence-corrected chi connectivity index (χ1v) is 5.22. The van der Waals surface area contributed by atoms with Crippen LogP contribution in [0.1, 0.15) is 52.4 Å². The van der Waals surface area contributed by atoms with Crippen molar-refractivity contribution in [3.8, 4) is 0 Å². The van der Waals surface area contributed by atoms with Gasteiger partial charge in [0.05, 0.1) is 0 Å². The third-order valence-corrected chi connectivity index (χ3v) is 4.15. The summed E-state index contributed by atoms with van der Waals surface area (Å²) < 4.78 is 0. The topological polar surface area (TPSA) is 0 Å². The van der Waals surface area contributed by atoms with Crippen molar-refractivity contribution in [2.24, 2.45) is 17.3 Å². The minimum absolute atomic E-state index is 0.832. The fourth-order valence-electron chi connectivity index (χ4n) is 3.38. The molecule has 2 unspecified atom stereocenters. The van der Waals surface area contributed by atoms with Crippen molar-refractivity contribution in [1.82, 2.24) is 0 Å². The summed E-state index contributed by atoms with van der Waals surface area (Å²) in [6, 6.07) is 0. The zero-order valence-electron chi connectivity index (χ0n) is 7.90. The molecule has 64 valence electrons. The minimum atomic E-state index is 0.832. The fraction of sp³-hybridized carbons (Fsp3) is 1.00. The lowest BCUT2D eigenvalue weighted by atomic mass is 9.83. The van der Waals surface area contributed by atoms with Gasteiger partial charge in [0.15, 0.2) is 0 Å². The molecule has 0 aromatic carbocycles. The van der Waals surface area contributed by atoms with E-state index < -0.39 is 0 Å². The smallest absolute Gasteiger partial charge is 0.0292 e. The average molecular weight is 152 g/mol. The van der Waals surface area contributed by atoms with Crippen LogP contribution in [0.5, 0.6) is 0 Å². The van der Waals surface area contributed by atoms with Crippen LogP contribution < -0.4 is 0 Å². The lowest BCUT2D eigenvalue weighted by Gasteiger charge is -2.22. The molecule has 11 heavy (non-hydrogen) atoms. The quantitative estimate of drug-likeness (QED) is 0.497. The summed E-state index contributed by atoms with van der Waals surface area (Å²) in [6.07, 6.45) is 9.19. The van der Waals surface area contributed by atoms with Gasteiger partial charge in [-0.1, -0.05) is 26.7 Å². The van der Waals surface area contributed by atoms with E-state index in [1.807, 2.05) is 0 Å². The van der Waals surface area contributed by atoms with Gasteiger partial charge in [0.1, 0.15) is 0 Å². The van der Waals surface area contributed by atoms with E-state index in [9.17, 15) is 0 Å². The molecule has 0 amide bonds. The molecule has 2 rings (SSSR count). The van der Waals surface area contributed by atoms with Crippen LogP contribution in [0.3, 0.4) is 0 Å². The summed E-state index contributed by atoms with van der Waals surface area (Å²) in [5.41, 5.74) is 0.832. The Morgan fingerprint density at radius 1 is 0.909 bits per heavy atom. The van der Waals surface area contributed by atoms with Crippen molar-refractivity contribution in [1.29, 1.82) is 0 Å². The van der Waals surface area contributed by atoms with Gasteiger partial charge in [0, 0.05) is 0 Å². The average Bonchev–Trinajstić information content (AvgIpc) is 2.46. The van der Waals surface area contributed by atoms with E-state index in [1.165, 1.54) is 25.7 Å². The Bertz CT molecular complexity index is 130. The van der Waals surface area contributed by atoms with Crippen molar-refractivity contribution in [2.45, 2.75) is 52.4 Å². The molecule has 2 saturated carbocycles. The first kappa shape index (κ1) is 7.64. The second-order valence-corrected chi connectivity index (χ2v) is 5.07. The Morgan fingerprint density at radius 2 is 1.36 bits per heavy atom. The normalized spacial score (nSPS) is 42.0. The molecule has 0 radical (unpaired) electrons. The molecule has 2 aliphatic rings. The number of hydrogen-bond donors (Lipinski definition) is 0. The molecule has 0 saturated heterocycles. The molecule has 2 fully saturated rings. The van der Waals surface area contributed by atoms with Gasteiger partial charge in [-0.25, -0.2) is 0 Å². The van der Waals surface area contributed by atoms with Crippen LogP contribution in [0, 0.1) is 17.3 Å². The van der Waals surface area contributed by atoms with Crippen molar-refractivity contribution < 1.29 is 0 Å². The Kier molecular flexibility index (Phi) is 1.74. The van der Waals surface area contributed by atoms with Crippen molar-refractivity contribution in [2.75, 3.05) is 0 Å². The van der Waals surface area contributed by atoms with E-state index in [1.54, 1.807) is 12.8 Å². The highest BCUT2D eigenvalue weighted by Gasteiger charge is 2.42. The summed E-state index contributed by atoms with van der Waals surface area (Å²) in [4.78, 5) is 0. The molecule has 0 heteroatoms.